The summed E-state index contributed by atoms with van der Waals surface area (Å²) in [6.45, 7) is 6.03. The van der Waals surface area contributed by atoms with Crippen LogP contribution in [0.25, 0.3) is 0 Å². The van der Waals surface area contributed by atoms with Crippen molar-refractivity contribution in [3.63, 3.8) is 0 Å². The van der Waals surface area contributed by atoms with E-state index >= 15 is 0 Å². The SMILES string of the molecule is CCCC(CCC)CC(=O)Nc1ccccc1N1CCC(O)CC1. The van der Waals surface area contributed by atoms with E-state index in [4.69, 9.17) is 0 Å². The first kappa shape index (κ1) is 18.8. The van der Waals surface area contributed by atoms with Gasteiger partial charge in [-0.25, -0.2) is 0 Å². The molecule has 0 spiro atoms. The van der Waals surface area contributed by atoms with Crippen molar-refractivity contribution in [2.45, 2.75) is 64.9 Å². The van der Waals surface area contributed by atoms with Crippen LogP contribution in [0.3, 0.4) is 0 Å². The Bertz CT molecular complexity index is 504. The predicted octanol–water partition coefficient (Wildman–Crippen LogP) is 4.19. The zero-order valence-electron chi connectivity index (χ0n) is 15.1. The van der Waals surface area contributed by atoms with Crippen molar-refractivity contribution in [2.75, 3.05) is 23.3 Å². The van der Waals surface area contributed by atoms with Crippen molar-refractivity contribution in [3.05, 3.63) is 24.3 Å². The molecule has 0 bridgehead atoms. The molecule has 0 aromatic heterocycles. The fourth-order valence-electron chi connectivity index (χ4n) is 3.59. The molecule has 134 valence electrons. The van der Waals surface area contributed by atoms with E-state index in [1.165, 1.54) is 0 Å². The Morgan fingerprint density at radius 1 is 1.21 bits per heavy atom. The highest BCUT2D eigenvalue weighted by atomic mass is 16.3. The molecular weight excluding hydrogens is 300 g/mol. The summed E-state index contributed by atoms with van der Waals surface area (Å²) in [4.78, 5) is 14.8. The van der Waals surface area contributed by atoms with Crippen LogP contribution in [0.1, 0.15) is 58.8 Å². The summed E-state index contributed by atoms with van der Waals surface area (Å²) in [6, 6.07) is 8.01. The van der Waals surface area contributed by atoms with Crippen LogP contribution in [0.5, 0.6) is 0 Å². The lowest BCUT2D eigenvalue weighted by Crippen LogP contribution is -2.36. The van der Waals surface area contributed by atoms with Crippen molar-refractivity contribution in [1.29, 1.82) is 0 Å². The average molecular weight is 332 g/mol. The maximum Gasteiger partial charge on any atom is 0.224 e. The number of aliphatic hydroxyl groups excluding tert-OH is 1. The average Bonchev–Trinajstić information content (AvgIpc) is 2.57. The number of hydrogen-bond acceptors (Lipinski definition) is 3. The number of nitrogens with one attached hydrogen (secondary N) is 1. The molecule has 4 heteroatoms. The Morgan fingerprint density at radius 2 is 1.83 bits per heavy atom. The molecule has 0 unspecified atom stereocenters. The third-order valence-electron chi connectivity index (χ3n) is 4.85. The van der Waals surface area contributed by atoms with Crippen LogP contribution in [-0.4, -0.2) is 30.2 Å². The minimum Gasteiger partial charge on any atom is -0.393 e. The molecule has 1 amide bonds. The minimum atomic E-state index is -0.188. The number of carbonyl (C=O) groups is 1. The van der Waals surface area contributed by atoms with Gasteiger partial charge < -0.3 is 15.3 Å². The van der Waals surface area contributed by atoms with Gasteiger partial charge in [0.2, 0.25) is 5.91 Å². The van der Waals surface area contributed by atoms with E-state index in [0.717, 1.165) is 63.0 Å². The Morgan fingerprint density at radius 3 is 2.46 bits per heavy atom. The third kappa shape index (κ3) is 5.52. The summed E-state index contributed by atoms with van der Waals surface area (Å²) in [5.41, 5.74) is 1.96. The molecule has 2 rings (SSSR count). The monoisotopic (exact) mass is 332 g/mol. The predicted molar refractivity (Wildman–Crippen MR) is 100 cm³/mol. The lowest BCUT2D eigenvalue weighted by atomic mass is 9.94. The van der Waals surface area contributed by atoms with Crippen LogP contribution in [0, 0.1) is 5.92 Å². The number of aliphatic hydroxyl groups is 1. The topological polar surface area (TPSA) is 52.6 Å². The van der Waals surface area contributed by atoms with Gasteiger partial charge >= 0.3 is 0 Å². The number of nitrogens with zero attached hydrogens (tertiary/aromatic N) is 1. The summed E-state index contributed by atoms with van der Waals surface area (Å²) in [5.74, 6) is 0.601. The second kappa shape index (κ2) is 9.67. The Hall–Kier alpha value is -1.55. The summed E-state index contributed by atoms with van der Waals surface area (Å²) in [7, 11) is 0. The fraction of sp³-hybridized carbons (Fsp3) is 0.650. The van der Waals surface area contributed by atoms with Crippen LogP contribution >= 0.6 is 0 Å². The number of rotatable bonds is 8. The van der Waals surface area contributed by atoms with E-state index in [-0.39, 0.29) is 12.0 Å². The van der Waals surface area contributed by atoms with Gasteiger partial charge in [0.05, 0.1) is 17.5 Å². The molecule has 24 heavy (non-hydrogen) atoms. The van der Waals surface area contributed by atoms with Gasteiger partial charge in [-0.15, -0.1) is 0 Å². The summed E-state index contributed by atoms with van der Waals surface area (Å²) in [5, 5.41) is 12.8. The second-order valence-electron chi connectivity index (χ2n) is 6.93. The van der Waals surface area contributed by atoms with Gasteiger partial charge in [0.15, 0.2) is 0 Å². The van der Waals surface area contributed by atoms with E-state index in [1.54, 1.807) is 0 Å². The van der Waals surface area contributed by atoms with E-state index in [1.807, 2.05) is 18.2 Å². The maximum atomic E-state index is 12.5. The van der Waals surface area contributed by atoms with Crippen LogP contribution in [0.4, 0.5) is 11.4 Å². The molecule has 1 fully saturated rings. The Balaban J connectivity index is 2.00. The van der Waals surface area contributed by atoms with Crippen LogP contribution < -0.4 is 10.2 Å². The number of hydrogen-bond donors (Lipinski definition) is 2. The standard InChI is InChI=1S/C20H32N2O2/c1-3-7-16(8-4-2)15-20(24)21-18-9-5-6-10-19(18)22-13-11-17(23)12-14-22/h5-6,9-10,16-17,23H,3-4,7-8,11-15H2,1-2H3,(H,21,24). The summed E-state index contributed by atoms with van der Waals surface area (Å²) < 4.78 is 0. The zero-order valence-corrected chi connectivity index (χ0v) is 15.1. The highest BCUT2D eigenvalue weighted by Crippen LogP contribution is 2.29. The van der Waals surface area contributed by atoms with Crippen LogP contribution in [0.15, 0.2) is 24.3 Å². The number of amides is 1. The molecule has 4 nitrogen and oxygen atoms in total. The molecule has 1 heterocycles. The molecule has 0 aliphatic carbocycles. The highest BCUT2D eigenvalue weighted by molar-refractivity contribution is 5.94. The summed E-state index contributed by atoms with van der Waals surface area (Å²) in [6.07, 6.45) is 6.49. The molecule has 1 aliphatic heterocycles. The minimum absolute atomic E-state index is 0.117. The molecular formula is C20H32N2O2. The first-order valence-corrected chi connectivity index (χ1v) is 9.45. The molecule has 2 N–H and O–H groups in total. The molecule has 1 saturated heterocycles. The second-order valence-corrected chi connectivity index (χ2v) is 6.93. The number of piperidine rings is 1. The highest BCUT2D eigenvalue weighted by Gasteiger charge is 2.20. The molecule has 0 radical (unpaired) electrons. The molecule has 1 aromatic rings. The van der Waals surface area contributed by atoms with E-state index in [2.05, 4.69) is 30.1 Å². The third-order valence-corrected chi connectivity index (χ3v) is 4.85. The van der Waals surface area contributed by atoms with Gasteiger partial charge in [-0.05, 0) is 30.9 Å². The number of anilines is 2. The van der Waals surface area contributed by atoms with Gasteiger partial charge in [-0.1, -0.05) is 51.7 Å². The molecule has 0 saturated carbocycles. The normalized spacial score (nSPS) is 15.8. The van der Waals surface area contributed by atoms with Crippen molar-refractivity contribution in [3.8, 4) is 0 Å². The van der Waals surface area contributed by atoms with E-state index in [0.29, 0.717) is 12.3 Å². The van der Waals surface area contributed by atoms with Crippen LogP contribution in [-0.2, 0) is 4.79 Å². The fourth-order valence-corrected chi connectivity index (χ4v) is 3.59. The Kier molecular flexibility index (Phi) is 7.57. The largest absolute Gasteiger partial charge is 0.393 e. The number of benzene rings is 1. The van der Waals surface area contributed by atoms with Crippen molar-refractivity contribution >= 4 is 17.3 Å². The lowest BCUT2D eigenvalue weighted by molar-refractivity contribution is -0.117. The van der Waals surface area contributed by atoms with Crippen molar-refractivity contribution in [2.24, 2.45) is 5.92 Å². The zero-order chi connectivity index (χ0) is 17.4. The summed E-state index contributed by atoms with van der Waals surface area (Å²) >= 11 is 0. The molecule has 0 atom stereocenters. The number of para-hydroxylation sites is 2. The smallest absolute Gasteiger partial charge is 0.224 e. The molecule has 1 aromatic carbocycles. The van der Waals surface area contributed by atoms with Gasteiger partial charge in [-0.3, -0.25) is 4.79 Å². The molecule has 1 aliphatic rings. The van der Waals surface area contributed by atoms with Crippen LogP contribution in [0.2, 0.25) is 0 Å². The van der Waals surface area contributed by atoms with E-state index in [9.17, 15) is 9.90 Å². The van der Waals surface area contributed by atoms with Crippen molar-refractivity contribution in [1.82, 2.24) is 0 Å². The van der Waals surface area contributed by atoms with Crippen molar-refractivity contribution < 1.29 is 9.90 Å². The van der Waals surface area contributed by atoms with Gasteiger partial charge in [-0.2, -0.15) is 0 Å². The lowest BCUT2D eigenvalue weighted by Gasteiger charge is -2.32. The van der Waals surface area contributed by atoms with Gasteiger partial charge in [0.25, 0.3) is 0 Å². The first-order valence-electron chi connectivity index (χ1n) is 9.45. The Labute approximate surface area is 146 Å². The quantitative estimate of drug-likeness (QED) is 0.750. The van der Waals surface area contributed by atoms with E-state index < -0.39 is 0 Å². The number of carbonyl (C=O) groups excluding carboxylic acids is 1. The van der Waals surface area contributed by atoms with Gasteiger partial charge in [0.1, 0.15) is 0 Å². The first-order chi connectivity index (χ1) is 11.6. The maximum absolute atomic E-state index is 12.5. The van der Waals surface area contributed by atoms with Gasteiger partial charge in [0, 0.05) is 19.5 Å².